The van der Waals surface area contributed by atoms with Crippen LogP contribution in [0.2, 0.25) is 0 Å². The lowest BCUT2D eigenvalue weighted by Crippen LogP contribution is -2.14. The molecule has 13 nitrogen and oxygen atoms in total. The van der Waals surface area contributed by atoms with Crippen LogP contribution in [-0.2, 0) is 26.4 Å². The second-order valence-corrected chi connectivity index (χ2v) is 14.0. The van der Waals surface area contributed by atoms with E-state index in [1.807, 2.05) is 18.5 Å². The van der Waals surface area contributed by atoms with E-state index in [9.17, 15) is 16.8 Å². The quantitative estimate of drug-likeness (QED) is 0.259. The smallest absolute Gasteiger partial charge is 0.253 e. The molecule has 5 aromatic heterocycles. The first-order valence-corrected chi connectivity index (χ1v) is 16.2. The molecule has 0 bridgehead atoms. The van der Waals surface area contributed by atoms with Gasteiger partial charge in [0.2, 0.25) is 0 Å². The van der Waals surface area contributed by atoms with Gasteiger partial charge in [-0.05, 0) is 26.8 Å². The van der Waals surface area contributed by atoms with Gasteiger partial charge in [-0.25, -0.2) is 31.8 Å². The van der Waals surface area contributed by atoms with Crippen LogP contribution in [0.25, 0.3) is 33.4 Å². The third-order valence-electron chi connectivity index (χ3n) is 6.29. The van der Waals surface area contributed by atoms with Crippen molar-refractivity contribution in [2.45, 2.75) is 33.4 Å². The van der Waals surface area contributed by atoms with Crippen LogP contribution in [-0.4, -0.2) is 73.1 Å². The molecule has 0 amide bonds. The molecule has 0 radical (unpaired) electrons. The van der Waals surface area contributed by atoms with Crippen molar-refractivity contribution in [1.29, 1.82) is 0 Å². The zero-order valence-corrected chi connectivity index (χ0v) is 24.1. The summed E-state index contributed by atoms with van der Waals surface area (Å²) in [5.41, 5.74) is 3.23. The lowest BCUT2D eigenvalue weighted by Gasteiger charge is -2.10. The maximum absolute atomic E-state index is 12.1. The lowest BCUT2D eigenvalue weighted by atomic mass is 10.1. The Morgan fingerprint density at radius 3 is 2.45 bits per heavy atom. The van der Waals surface area contributed by atoms with Crippen LogP contribution >= 0.6 is 0 Å². The fourth-order valence-corrected chi connectivity index (χ4v) is 5.41. The summed E-state index contributed by atoms with van der Waals surface area (Å²) in [7, 11) is -6.60. The van der Waals surface area contributed by atoms with E-state index < -0.39 is 19.9 Å². The van der Waals surface area contributed by atoms with Crippen LogP contribution in [0.4, 0.5) is 11.6 Å². The van der Waals surface area contributed by atoms with Crippen LogP contribution in [0.15, 0.2) is 55.5 Å². The number of aryl methyl sites for hydroxylation is 1. The maximum atomic E-state index is 12.1. The number of fused-ring (bicyclic) bond motifs is 1. The monoisotopic (exact) mass is 583 g/mol. The highest BCUT2D eigenvalue weighted by Gasteiger charge is 2.17. The number of anilines is 2. The van der Waals surface area contributed by atoms with Crippen molar-refractivity contribution in [1.82, 2.24) is 38.5 Å². The standard InChI is InChI=1S/C25H29N9O4S2/c1-5-40(37,38)34-15-19(12-29-34)25-26-7-6-23(31-25)30-24-10-22-20(13-27-24)21(16-33(22)17(2)3)18-11-28-32(14-18)8-9-39(4,35)36/h6-7,10-17H,5,8-9H2,1-4H3,(H,26,27,30,31). The van der Waals surface area contributed by atoms with Gasteiger partial charge in [0.15, 0.2) is 5.82 Å². The topological polar surface area (TPSA) is 160 Å². The van der Waals surface area contributed by atoms with E-state index in [1.54, 1.807) is 36.3 Å². The molecule has 15 heteroatoms. The summed E-state index contributed by atoms with van der Waals surface area (Å²) < 4.78 is 52.0. The summed E-state index contributed by atoms with van der Waals surface area (Å²) in [6, 6.07) is 3.79. The zero-order valence-electron chi connectivity index (χ0n) is 22.4. The largest absolute Gasteiger partial charge is 0.344 e. The SMILES string of the molecule is CCS(=O)(=O)n1cc(-c2nccc(Nc3cc4c(cn3)c(-c3cnn(CCS(C)(=O)=O)c3)cn4C(C)C)n2)cn1. The van der Waals surface area contributed by atoms with Gasteiger partial charge in [-0.15, -0.1) is 0 Å². The minimum Gasteiger partial charge on any atom is -0.344 e. The predicted octanol–water partition coefficient (Wildman–Crippen LogP) is 3.12. The van der Waals surface area contributed by atoms with Crippen LogP contribution in [0.3, 0.4) is 0 Å². The van der Waals surface area contributed by atoms with E-state index in [4.69, 9.17) is 0 Å². The van der Waals surface area contributed by atoms with Crippen molar-refractivity contribution in [3.05, 3.63) is 55.5 Å². The molecule has 5 aromatic rings. The molecule has 40 heavy (non-hydrogen) atoms. The van der Waals surface area contributed by atoms with Gasteiger partial charge >= 0.3 is 0 Å². The van der Waals surface area contributed by atoms with E-state index in [0.29, 0.717) is 23.0 Å². The van der Waals surface area contributed by atoms with Gasteiger partial charge in [-0.3, -0.25) is 4.68 Å². The Bertz CT molecular complexity index is 1900. The first-order chi connectivity index (χ1) is 18.9. The van der Waals surface area contributed by atoms with Gasteiger partial charge in [0.25, 0.3) is 10.0 Å². The molecule has 0 aliphatic heterocycles. The Balaban J connectivity index is 1.44. The Hall–Kier alpha value is -4.11. The minimum atomic E-state index is -3.51. The molecule has 210 valence electrons. The third-order valence-corrected chi connectivity index (χ3v) is 8.71. The molecule has 5 heterocycles. The summed E-state index contributed by atoms with van der Waals surface area (Å²) in [4.78, 5) is 13.4. The van der Waals surface area contributed by atoms with Crippen LogP contribution in [0.5, 0.6) is 0 Å². The Kier molecular flexibility index (Phi) is 7.18. The highest BCUT2D eigenvalue weighted by atomic mass is 32.2. The van der Waals surface area contributed by atoms with Crippen molar-refractivity contribution in [3.8, 4) is 22.5 Å². The van der Waals surface area contributed by atoms with Gasteiger partial charge in [-0.1, -0.05) is 0 Å². The zero-order chi connectivity index (χ0) is 28.7. The molecule has 0 aliphatic carbocycles. The van der Waals surface area contributed by atoms with Crippen LogP contribution in [0, 0.1) is 0 Å². The lowest BCUT2D eigenvalue weighted by molar-refractivity contribution is 0.581. The molecule has 5 rings (SSSR count). The van der Waals surface area contributed by atoms with Gasteiger partial charge in [0.05, 0.1) is 47.7 Å². The van der Waals surface area contributed by atoms with Crippen molar-refractivity contribution >= 4 is 42.4 Å². The number of nitrogens with one attached hydrogen (secondary N) is 1. The molecule has 0 saturated carbocycles. The number of sulfone groups is 1. The van der Waals surface area contributed by atoms with E-state index in [2.05, 4.69) is 48.9 Å². The summed E-state index contributed by atoms with van der Waals surface area (Å²) >= 11 is 0. The van der Waals surface area contributed by atoms with Crippen LogP contribution < -0.4 is 5.32 Å². The van der Waals surface area contributed by atoms with Crippen molar-refractivity contribution < 1.29 is 16.8 Å². The molecule has 0 fully saturated rings. The predicted molar refractivity (Wildman–Crippen MR) is 152 cm³/mol. The highest BCUT2D eigenvalue weighted by Crippen LogP contribution is 2.33. The summed E-state index contributed by atoms with van der Waals surface area (Å²) in [5.74, 6) is 1.32. The third kappa shape index (κ3) is 5.74. The van der Waals surface area contributed by atoms with Crippen molar-refractivity contribution in [2.75, 3.05) is 23.1 Å². The number of hydrogen-bond acceptors (Lipinski definition) is 10. The highest BCUT2D eigenvalue weighted by molar-refractivity contribution is 7.90. The minimum absolute atomic E-state index is 0.0173. The average Bonchev–Trinajstić information content (AvgIpc) is 3.66. The first-order valence-electron chi connectivity index (χ1n) is 12.5. The molecular weight excluding hydrogens is 554 g/mol. The number of hydrogen-bond donors (Lipinski definition) is 1. The van der Waals surface area contributed by atoms with E-state index in [0.717, 1.165) is 26.1 Å². The van der Waals surface area contributed by atoms with Crippen molar-refractivity contribution in [3.63, 3.8) is 0 Å². The maximum Gasteiger partial charge on any atom is 0.253 e. The van der Waals surface area contributed by atoms with E-state index >= 15 is 0 Å². The molecule has 0 atom stereocenters. The summed E-state index contributed by atoms with van der Waals surface area (Å²) in [5, 5.41) is 12.4. The number of pyridine rings is 1. The van der Waals surface area contributed by atoms with Gasteiger partial charge in [-0.2, -0.15) is 14.3 Å². The van der Waals surface area contributed by atoms with Crippen molar-refractivity contribution in [2.24, 2.45) is 0 Å². The number of aromatic nitrogens is 8. The van der Waals surface area contributed by atoms with Gasteiger partial charge < -0.3 is 9.88 Å². The van der Waals surface area contributed by atoms with E-state index in [-0.39, 0.29) is 24.1 Å². The Morgan fingerprint density at radius 1 is 0.950 bits per heavy atom. The molecule has 0 aromatic carbocycles. The van der Waals surface area contributed by atoms with Crippen LogP contribution in [0.1, 0.15) is 26.8 Å². The van der Waals surface area contributed by atoms with Gasteiger partial charge in [0.1, 0.15) is 21.5 Å². The van der Waals surface area contributed by atoms with E-state index in [1.165, 1.54) is 18.6 Å². The fourth-order valence-electron chi connectivity index (χ4n) is 4.16. The molecular formula is C25H29N9O4S2. The average molecular weight is 584 g/mol. The normalized spacial score (nSPS) is 12.4. The second kappa shape index (κ2) is 10.5. The number of rotatable bonds is 10. The Morgan fingerprint density at radius 2 is 1.73 bits per heavy atom. The molecule has 0 spiro atoms. The Labute approximate surface area is 231 Å². The van der Waals surface area contributed by atoms with Gasteiger partial charge in [0, 0.05) is 59.7 Å². The second-order valence-electron chi connectivity index (χ2n) is 9.65. The molecule has 1 N–H and O–H groups in total. The molecule has 0 unspecified atom stereocenters. The molecule has 0 saturated heterocycles. The molecule has 0 aliphatic rings. The fraction of sp³-hybridized carbons (Fsp3) is 0.320. The number of nitrogens with zero attached hydrogens (tertiary/aromatic N) is 8. The summed E-state index contributed by atoms with van der Waals surface area (Å²) in [6.07, 6.45) is 13.0. The first kappa shape index (κ1) is 27.5. The summed E-state index contributed by atoms with van der Waals surface area (Å²) in [6.45, 7) is 6.00.